The smallest absolute Gasteiger partial charge is 0.329 e. The van der Waals surface area contributed by atoms with Crippen LogP contribution in [0.3, 0.4) is 0 Å². The molecule has 16 heavy (non-hydrogen) atoms. The predicted molar refractivity (Wildman–Crippen MR) is 61.0 cm³/mol. The van der Waals surface area contributed by atoms with E-state index in [-0.39, 0.29) is 11.3 Å². The molecule has 1 fully saturated rings. The number of nitrogens with zero attached hydrogens (tertiary/aromatic N) is 1. The van der Waals surface area contributed by atoms with Crippen LogP contribution >= 0.6 is 0 Å². The van der Waals surface area contributed by atoms with Gasteiger partial charge in [-0.15, -0.1) is 0 Å². The summed E-state index contributed by atoms with van der Waals surface area (Å²) in [5.74, 6) is -0.908. The molecule has 0 aromatic heterocycles. The zero-order valence-corrected chi connectivity index (χ0v) is 10.5. The minimum absolute atomic E-state index is 0.0241. The van der Waals surface area contributed by atoms with E-state index in [1.54, 1.807) is 7.05 Å². The molecule has 0 radical (unpaired) electrons. The van der Waals surface area contributed by atoms with E-state index in [9.17, 15) is 14.7 Å². The van der Waals surface area contributed by atoms with Crippen molar-refractivity contribution in [1.82, 2.24) is 4.90 Å². The highest BCUT2D eigenvalue weighted by molar-refractivity contribution is 5.82. The van der Waals surface area contributed by atoms with Gasteiger partial charge in [-0.2, -0.15) is 0 Å². The van der Waals surface area contributed by atoms with Crippen LogP contribution in [0.2, 0.25) is 0 Å². The summed E-state index contributed by atoms with van der Waals surface area (Å²) < 4.78 is 0. The summed E-state index contributed by atoms with van der Waals surface area (Å²) in [6.45, 7) is 6.22. The van der Waals surface area contributed by atoms with Crippen molar-refractivity contribution in [1.29, 1.82) is 0 Å². The van der Waals surface area contributed by atoms with Crippen LogP contribution < -0.4 is 0 Å². The van der Waals surface area contributed by atoms with Crippen LogP contribution in [0.1, 0.15) is 40.0 Å². The summed E-state index contributed by atoms with van der Waals surface area (Å²) in [6.07, 6.45) is 2.83. The van der Waals surface area contributed by atoms with Crippen LogP contribution in [0, 0.1) is 11.3 Å². The summed E-state index contributed by atoms with van der Waals surface area (Å²) in [5.41, 5.74) is -0.848. The maximum atomic E-state index is 11.5. The number of hydrogen-bond donors (Lipinski definition) is 1. The Morgan fingerprint density at radius 3 is 2.38 bits per heavy atom. The molecule has 0 bridgehead atoms. The largest absolute Gasteiger partial charge is 0.479 e. The van der Waals surface area contributed by atoms with E-state index >= 15 is 0 Å². The van der Waals surface area contributed by atoms with Gasteiger partial charge >= 0.3 is 5.97 Å². The molecule has 0 aromatic rings. The lowest BCUT2D eigenvalue weighted by Crippen LogP contribution is -2.60. The van der Waals surface area contributed by atoms with Gasteiger partial charge in [-0.05, 0) is 30.6 Å². The van der Waals surface area contributed by atoms with E-state index in [0.717, 1.165) is 12.8 Å². The molecule has 1 saturated carbocycles. The normalized spacial score (nSPS) is 33.1. The summed E-state index contributed by atoms with van der Waals surface area (Å²) in [7, 11) is 1.57. The van der Waals surface area contributed by atoms with Gasteiger partial charge in [0.1, 0.15) is 5.54 Å². The van der Waals surface area contributed by atoms with Crippen molar-refractivity contribution >= 4 is 12.4 Å². The Morgan fingerprint density at radius 1 is 1.44 bits per heavy atom. The van der Waals surface area contributed by atoms with Crippen molar-refractivity contribution in [3.05, 3.63) is 0 Å². The molecular formula is C12H21NO3. The van der Waals surface area contributed by atoms with Crippen molar-refractivity contribution in [2.75, 3.05) is 7.05 Å². The summed E-state index contributed by atoms with van der Waals surface area (Å²) in [4.78, 5) is 23.7. The van der Waals surface area contributed by atoms with Crippen LogP contribution in [0.5, 0.6) is 0 Å². The summed E-state index contributed by atoms with van der Waals surface area (Å²) in [5, 5.41) is 9.43. The Hall–Kier alpha value is -1.06. The van der Waals surface area contributed by atoms with Gasteiger partial charge in [0.25, 0.3) is 0 Å². The molecule has 0 saturated heterocycles. The number of aliphatic carboxylic acids is 1. The first-order chi connectivity index (χ1) is 7.26. The van der Waals surface area contributed by atoms with Crippen molar-refractivity contribution in [2.24, 2.45) is 11.3 Å². The van der Waals surface area contributed by atoms with E-state index < -0.39 is 11.5 Å². The second kappa shape index (κ2) is 4.07. The average molecular weight is 227 g/mol. The van der Waals surface area contributed by atoms with Crippen LogP contribution in [-0.2, 0) is 9.59 Å². The molecule has 1 amide bonds. The number of rotatable bonds is 3. The first-order valence-corrected chi connectivity index (χ1v) is 5.68. The van der Waals surface area contributed by atoms with Crippen molar-refractivity contribution in [2.45, 2.75) is 45.6 Å². The molecule has 0 aromatic carbocycles. The second-order valence-corrected chi connectivity index (χ2v) is 5.72. The molecule has 1 aliphatic carbocycles. The standard InChI is InChI=1S/C12H21NO3/c1-9-7-11(2,3)5-6-12(9,10(15)16)13(4)8-14/h8-9H,5-7H2,1-4H3,(H,15,16). The van der Waals surface area contributed by atoms with Crippen molar-refractivity contribution < 1.29 is 14.7 Å². The van der Waals surface area contributed by atoms with Crippen molar-refractivity contribution in [3.63, 3.8) is 0 Å². The molecule has 2 unspecified atom stereocenters. The van der Waals surface area contributed by atoms with Gasteiger partial charge in [0.2, 0.25) is 6.41 Å². The SMILES string of the molecule is CC1CC(C)(C)CCC1(C(=O)O)N(C)C=O. The van der Waals surface area contributed by atoms with Crippen LogP contribution in [-0.4, -0.2) is 35.0 Å². The highest BCUT2D eigenvalue weighted by Crippen LogP contribution is 2.46. The molecule has 0 aliphatic heterocycles. The van der Waals surface area contributed by atoms with E-state index in [1.165, 1.54) is 4.90 Å². The van der Waals surface area contributed by atoms with Crippen LogP contribution in [0.15, 0.2) is 0 Å². The molecule has 4 heteroatoms. The number of hydrogen-bond acceptors (Lipinski definition) is 2. The van der Waals surface area contributed by atoms with Crippen LogP contribution in [0.4, 0.5) is 0 Å². The summed E-state index contributed by atoms with van der Waals surface area (Å²) in [6, 6.07) is 0. The molecule has 0 heterocycles. The van der Waals surface area contributed by atoms with Gasteiger partial charge in [-0.1, -0.05) is 20.8 Å². The first-order valence-electron chi connectivity index (χ1n) is 5.68. The number of carboxylic acids is 1. The first kappa shape index (κ1) is 13.0. The molecular weight excluding hydrogens is 206 g/mol. The quantitative estimate of drug-likeness (QED) is 0.747. The number of carbonyl (C=O) groups is 2. The van der Waals surface area contributed by atoms with E-state index in [4.69, 9.17) is 0 Å². The Kier molecular flexibility index (Phi) is 3.31. The molecule has 2 atom stereocenters. The Balaban J connectivity index is 3.05. The minimum Gasteiger partial charge on any atom is -0.479 e. The zero-order chi connectivity index (χ0) is 12.6. The van der Waals surface area contributed by atoms with E-state index in [2.05, 4.69) is 13.8 Å². The second-order valence-electron chi connectivity index (χ2n) is 5.72. The fourth-order valence-electron chi connectivity index (χ4n) is 2.96. The third-order valence-corrected chi connectivity index (χ3v) is 4.01. The number of carboxylic acid groups (broad SMARTS) is 1. The maximum absolute atomic E-state index is 11.5. The molecule has 1 rings (SSSR count). The number of likely N-dealkylation sites (N-methyl/N-ethyl adjacent to an activating group) is 1. The van der Waals surface area contributed by atoms with E-state index in [1.807, 2.05) is 6.92 Å². The van der Waals surface area contributed by atoms with Gasteiger partial charge < -0.3 is 10.0 Å². The topological polar surface area (TPSA) is 57.6 Å². The fourth-order valence-corrected chi connectivity index (χ4v) is 2.96. The summed E-state index contributed by atoms with van der Waals surface area (Å²) >= 11 is 0. The lowest BCUT2D eigenvalue weighted by atomic mass is 9.63. The molecule has 1 aliphatic rings. The molecule has 0 spiro atoms. The number of carbonyl (C=O) groups excluding carboxylic acids is 1. The predicted octanol–water partition coefficient (Wildman–Crippen LogP) is 1.74. The van der Waals surface area contributed by atoms with Gasteiger partial charge in [-0.25, -0.2) is 4.79 Å². The fraction of sp³-hybridized carbons (Fsp3) is 0.833. The van der Waals surface area contributed by atoms with Gasteiger partial charge in [0, 0.05) is 7.05 Å². The highest BCUT2D eigenvalue weighted by Gasteiger charge is 2.51. The van der Waals surface area contributed by atoms with Crippen LogP contribution in [0.25, 0.3) is 0 Å². The Morgan fingerprint density at radius 2 is 2.00 bits per heavy atom. The third-order valence-electron chi connectivity index (χ3n) is 4.01. The molecule has 92 valence electrons. The van der Waals surface area contributed by atoms with Crippen molar-refractivity contribution in [3.8, 4) is 0 Å². The molecule has 4 nitrogen and oxygen atoms in total. The monoisotopic (exact) mass is 227 g/mol. The average Bonchev–Trinajstić information content (AvgIpc) is 2.15. The Labute approximate surface area is 96.6 Å². The lowest BCUT2D eigenvalue weighted by molar-refractivity contribution is -0.162. The van der Waals surface area contributed by atoms with Gasteiger partial charge in [0.05, 0.1) is 0 Å². The lowest BCUT2D eigenvalue weighted by Gasteiger charge is -2.48. The minimum atomic E-state index is -1.02. The maximum Gasteiger partial charge on any atom is 0.329 e. The number of amides is 1. The van der Waals surface area contributed by atoms with E-state index in [0.29, 0.717) is 12.8 Å². The third kappa shape index (κ3) is 1.93. The zero-order valence-electron chi connectivity index (χ0n) is 10.5. The highest BCUT2D eigenvalue weighted by atomic mass is 16.4. The van der Waals surface area contributed by atoms with Gasteiger partial charge in [-0.3, -0.25) is 4.79 Å². The molecule has 1 N–H and O–H groups in total. The Bertz CT molecular complexity index is 301. The van der Waals surface area contributed by atoms with Gasteiger partial charge in [0.15, 0.2) is 0 Å².